The van der Waals surface area contributed by atoms with Gasteiger partial charge in [0.25, 0.3) is 0 Å². The number of rotatable bonds is 1. The number of hydrogen-bond acceptors (Lipinski definition) is 2. The van der Waals surface area contributed by atoms with Crippen LogP contribution in [0.2, 0.25) is 0 Å². The molecule has 2 nitrogen and oxygen atoms in total. The fraction of sp³-hybridized carbons (Fsp3) is 0.0625. The van der Waals surface area contributed by atoms with Crippen LogP contribution in [0.25, 0.3) is 22.3 Å². The van der Waals surface area contributed by atoms with Gasteiger partial charge in [0, 0.05) is 71.0 Å². The summed E-state index contributed by atoms with van der Waals surface area (Å²) in [5.41, 5.74) is 1.90. The number of hydrogen-bond donors (Lipinski definition) is 0. The van der Waals surface area contributed by atoms with E-state index in [2.05, 4.69) is 12.1 Å². The van der Waals surface area contributed by atoms with Crippen molar-refractivity contribution in [2.75, 3.05) is 0 Å². The van der Waals surface area contributed by atoms with Crippen molar-refractivity contribution < 1.29 is 69.8 Å². The van der Waals surface area contributed by atoms with Crippen molar-refractivity contribution in [1.29, 1.82) is 0 Å². The molecule has 0 bridgehead atoms. The molecule has 0 amide bonds. The molecule has 0 unspecified atom stereocenters. The second kappa shape index (κ2) is 7.75. The molecule has 0 saturated heterocycles. The average molecular weight is 412 g/mol. The maximum atomic E-state index is 12.2. The van der Waals surface area contributed by atoms with Gasteiger partial charge in [-0.3, -0.25) is 18.2 Å². The first-order valence-electron chi connectivity index (χ1n) is 5.68. The quantitative estimate of drug-likeness (QED) is 0.574. The Bertz CT molecular complexity index is 764. The van der Waals surface area contributed by atoms with E-state index < -0.39 is 0 Å². The molecule has 4 heteroatoms. The van der Waals surface area contributed by atoms with Gasteiger partial charge in [-0.1, -0.05) is 35.9 Å². The van der Waals surface area contributed by atoms with Crippen LogP contribution in [0.5, 0.6) is 0 Å². The van der Waals surface area contributed by atoms with Gasteiger partial charge in [-0.2, -0.15) is 5.39 Å². The van der Waals surface area contributed by atoms with E-state index in [1.165, 1.54) is 0 Å². The molecule has 0 aliphatic carbocycles. The van der Waals surface area contributed by atoms with Gasteiger partial charge < -0.3 is 9.21 Å². The number of benzene rings is 2. The summed E-state index contributed by atoms with van der Waals surface area (Å²) in [5.74, 6) is 0.601. The van der Waals surface area contributed by atoms with Crippen LogP contribution < -0.4 is 5.43 Å². The third-order valence-corrected chi connectivity index (χ3v) is 2.90. The Morgan fingerprint density at radius 3 is 2.35 bits per heavy atom. The fourth-order valence-electron chi connectivity index (χ4n) is 1.96. The Balaban J connectivity index is 0.000001000. The minimum Gasteiger partial charge on any atom is -0.527 e. The first kappa shape index (κ1) is 17.9. The second-order valence-electron chi connectivity index (χ2n) is 4.08. The van der Waals surface area contributed by atoms with Crippen molar-refractivity contribution in [3.63, 3.8) is 0 Å². The summed E-state index contributed by atoms with van der Waals surface area (Å²) >= 11 is 0. The zero-order valence-corrected chi connectivity index (χ0v) is 16.7. The average Bonchev–Trinajstić information content (AvgIpc) is 2.44. The standard InChI is InChI=1S/C16H10O2.2Y/c1-11-15(17)13-9-5-6-10-14(13)18-16(11)12-7-3-2-4-8-12;;/h2-8H,1H3;;/q-2;;. The van der Waals surface area contributed by atoms with Crippen molar-refractivity contribution in [2.45, 2.75) is 6.92 Å². The van der Waals surface area contributed by atoms with Crippen LogP contribution in [-0.2, 0) is 65.4 Å². The zero-order chi connectivity index (χ0) is 12.5. The first-order valence-corrected chi connectivity index (χ1v) is 5.68. The Labute approximate surface area is 167 Å². The van der Waals surface area contributed by atoms with Crippen molar-refractivity contribution in [3.05, 3.63) is 70.4 Å². The molecule has 0 spiro atoms. The van der Waals surface area contributed by atoms with Gasteiger partial charge in [-0.25, -0.2) is 6.07 Å². The molecule has 2 radical (unpaired) electrons. The molecular weight excluding hydrogens is 402 g/mol. The van der Waals surface area contributed by atoms with Gasteiger partial charge in [0.2, 0.25) is 0 Å². The van der Waals surface area contributed by atoms with Crippen molar-refractivity contribution in [1.82, 2.24) is 0 Å². The summed E-state index contributed by atoms with van der Waals surface area (Å²) in [6, 6.07) is 18.8. The van der Waals surface area contributed by atoms with E-state index >= 15 is 0 Å². The maximum Gasteiger partial charge on any atom is 0.115 e. The summed E-state index contributed by atoms with van der Waals surface area (Å²) < 4.78 is 5.77. The fourth-order valence-corrected chi connectivity index (χ4v) is 1.96. The summed E-state index contributed by atoms with van der Waals surface area (Å²) in [4.78, 5) is 12.2. The van der Waals surface area contributed by atoms with Crippen LogP contribution in [0.15, 0.2) is 51.7 Å². The largest absolute Gasteiger partial charge is 0.527 e. The van der Waals surface area contributed by atoms with Crippen LogP contribution in [0.4, 0.5) is 0 Å². The Morgan fingerprint density at radius 2 is 1.65 bits per heavy atom. The zero-order valence-electron chi connectivity index (χ0n) is 11.0. The molecule has 94 valence electrons. The predicted octanol–water partition coefficient (Wildman–Crippen LogP) is 3.36. The molecule has 0 fully saturated rings. The monoisotopic (exact) mass is 412 g/mol. The molecule has 2 aromatic carbocycles. The van der Waals surface area contributed by atoms with Crippen LogP contribution in [-0.4, -0.2) is 0 Å². The van der Waals surface area contributed by atoms with Crippen LogP contribution in [0.3, 0.4) is 0 Å². The Morgan fingerprint density at radius 1 is 1.00 bits per heavy atom. The molecule has 0 N–H and O–H groups in total. The smallest absolute Gasteiger partial charge is 0.115 e. The van der Waals surface area contributed by atoms with E-state index in [0.29, 0.717) is 22.3 Å². The molecule has 0 atom stereocenters. The van der Waals surface area contributed by atoms with Crippen LogP contribution in [0, 0.1) is 19.1 Å². The maximum absolute atomic E-state index is 12.2. The molecule has 0 saturated carbocycles. The van der Waals surface area contributed by atoms with Gasteiger partial charge >= 0.3 is 0 Å². The molecule has 1 heterocycles. The summed E-state index contributed by atoms with van der Waals surface area (Å²) in [5, 5.41) is 0.453. The van der Waals surface area contributed by atoms with E-state index in [1.54, 1.807) is 19.1 Å². The van der Waals surface area contributed by atoms with Gasteiger partial charge in [0.1, 0.15) is 5.76 Å². The first-order chi connectivity index (χ1) is 8.77. The Kier molecular flexibility index (Phi) is 6.94. The Hall–Kier alpha value is -0.142. The van der Waals surface area contributed by atoms with Crippen molar-refractivity contribution in [2.24, 2.45) is 0 Å². The minimum absolute atomic E-state index is 0. The van der Waals surface area contributed by atoms with Gasteiger partial charge in [-0.15, -0.1) is 0 Å². The van der Waals surface area contributed by atoms with E-state index in [1.807, 2.05) is 30.3 Å². The summed E-state index contributed by atoms with van der Waals surface area (Å²) in [7, 11) is 0. The molecule has 3 rings (SSSR count). The van der Waals surface area contributed by atoms with E-state index in [-0.39, 0.29) is 70.8 Å². The van der Waals surface area contributed by atoms with E-state index in [4.69, 9.17) is 4.42 Å². The van der Waals surface area contributed by atoms with Gasteiger partial charge in [-0.05, 0) is 12.5 Å². The van der Waals surface area contributed by atoms with E-state index in [0.717, 1.165) is 5.56 Å². The van der Waals surface area contributed by atoms with Crippen molar-refractivity contribution >= 4 is 11.0 Å². The van der Waals surface area contributed by atoms with E-state index in [9.17, 15) is 4.79 Å². The minimum atomic E-state index is -0.0491. The normalized spacial score (nSPS) is 9.65. The molecule has 1 aromatic heterocycles. The van der Waals surface area contributed by atoms with Gasteiger partial charge in [0.15, 0.2) is 0 Å². The summed E-state index contributed by atoms with van der Waals surface area (Å²) in [6.45, 7) is 1.77. The third kappa shape index (κ3) is 3.36. The third-order valence-electron chi connectivity index (χ3n) is 2.90. The van der Waals surface area contributed by atoms with Crippen LogP contribution in [0.1, 0.15) is 5.56 Å². The predicted molar refractivity (Wildman–Crippen MR) is 70.3 cm³/mol. The molecule has 20 heavy (non-hydrogen) atoms. The second-order valence-corrected chi connectivity index (χ2v) is 4.08. The SMILES string of the molecule is Cc1c(-c2ccccc2)oc2[c-]cc[c-]c2c1=O.[Y].[Y]. The molecule has 0 aliphatic heterocycles. The summed E-state index contributed by atoms with van der Waals surface area (Å²) in [6.07, 6.45) is 0. The number of fused-ring (bicyclic) bond motifs is 1. The molecule has 3 aromatic rings. The molecular formula is C16H10O2Y2-2. The topological polar surface area (TPSA) is 30.2 Å². The molecule has 0 aliphatic rings. The van der Waals surface area contributed by atoms with Crippen molar-refractivity contribution in [3.8, 4) is 11.3 Å². The van der Waals surface area contributed by atoms with Gasteiger partial charge in [0.05, 0.1) is 5.43 Å². The van der Waals surface area contributed by atoms with Crippen LogP contribution >= 0.6 is 0 Å².